The maximum atomic E-state index is 12.5. The summed E-state index contributed by atoms with van der Waals surface area (Å²) < 4.78 is 5.43. The van der Waals surface area contributed by atoms with Crippen molar-refractivity contribution in [3.63, 3.8) is 0 Å². The number of hydrogen-bond acceptors (Lipinski definition) is 8. The van der Waals surface area contributed by atoms with Gasteiger partial charge in [-0.05, 0) is 31.0 Å². The van der Waals surface area contributed by atoms with Crippen LogP contribution in [0.25, 0.3) is 0 Å². The molecule has 2 saturated heterocycles. The summed E-state index contributed by atoms with van der Waals surface area (Å²) in [5.41, 5.74) is 0.884. The molecule has 1 aromatic carbocycles. The molecular weight excluding hydrogens is 370 g/mol. The summed E-state index contributed by atoms with van der Waals surface area (Å²) in [7, 11) is 0. The van der Waals surface area contributed by atoms with Gasteiger partial charge in [0.25, 0.3) is 5.91 Å². The molecule has 150 valence electrons. The van der Waals surface area contributed by atoms with E-state index in [1.807, 2.05) is 6.07 Å². The minimum absolute atomic E-state index is 0.191. The van der Waals surface area contributed by atoms with Gasteiger partial charge in [-0.3, -0.25) is 4.79 Å². The van der Waals surface area contributed by atoms with Gasteiger partial charge in [0.05, 0.1) is 31.4 Å². The van der Waals surface area contributed by atoms with Crippen molar-refractivity contribution in [1.82, 2.24) is 20.3 Å². The summed E-state index contributed by atoms with van der Waals surface area (Å²) >= 11 is 0. The summed E-state index contributed by atoms with van der Waals surface area (Å²) in [6.07, 6.45) is 2.25. The van der Waals surface area contributed by atoms with Crippen LogP contribution in [0.4, 0.5) is 11.9 Å². The first kappa shape index (κ1) is 19.1. The van der Waals surface area contributed by atoms with Crippen molar-refractivity contribution < 1.29 is 9.53 Å². The standard InChI is InChI=1S/C20H23N7O2/c21-13-15-4-3-5-16(12-15)18(28)22-14-17-23-19(26-6-1-2-7-26)25-20(24-17)27-8-10-29-11-9-27/h3-5,12H,1-2,6-11,14H2,(H,22,28). The second-order valence-electron chi connectivity index (χ2n) is 7.02. The Labute approximate surface area is 169 Å². The Morgan fingerprint density at radius 2 is 1.76 bits per heavy atom. The Bertz CT molecular complexity index is 915. The number of benzene rings is 1. The van der Waals surface area contributed by atoms with Gasteiger partial charge in [0, 0.05) is 31.7 Å². The number of hydrogen-bond donors (Lipinski definition) is 1. The number of carbonyl (C=O) groups is 1. The fourth-order valence-corrected chi connectivity index (χ4v) is 3.43. The zero-order valence-electron chi connectivity index (χ0n) is 16.2. The van der Waals surface area contributed by atoms with E-state index < -0.39 is 0 Å². The Hall–Kier alpha value is -3.25. The molecule has 1 N–H and O–H groups in total. The third-order valence-corrected chi connectivity index (χ3v) is 5.00. The van der Waals surface area contributed by atoms with E-state index in [1.54, 1.807) is 24.3 Å². The third kappa shape index (κ3) is 4.60. The highest BCUT2D eigenvalue weighted by Gasteiger charge is 2.21. The second kappa shape index (κ2) is 8.84. The number of anilines is 2. The van der Waals surface area contributed by atoms with Gasteiger partial charge in [0.2, 0.25) is 11.9 Å². The van der Waals surface area contributed by atoms with Gasteiger partial charge in [-0.15, -0.1) is 0 Å². The molecule has 0 spiro atoms. The molecule has 0 radical (unpaired) electrons. The molecule has 1 amide bonds. The van der Waals surface area contributed by atoms with Crippen LogP contribution in [0.2, 0.25) is 0 Å². The van der Waals surface area contributed by atoms with Gasteiger partial charge in [0.1, 0.15) is 0 Å². The number of carbonyl (C=O) groups excluding carboxylic acids is 1. The van der Waals surface area contributed by atoms with E-state index in [-0.39, 0.29) is 12.5 Å². The molecule has 0 aliphatic carbocycles. The molecule has 1 aromatic heterocycles. The van der Waals surface area contributed by atoms with E-state index in [9.17, 15) is 4.79 Å². The highest BCUT2D eigenvalue weighted by atomic mass is 16.5. The van der Waals surface area contributed by atoms with Crippen LogP contribution in [0.3, 0.4) is 0 Å². The number of nitrogens with zero attached hydrogens (tertiary/aromatic N) is 6. The van der Waals surface area contributed by atoms with Crippen LogP contribution in [0.1, 0.15) is 34.6 Å². The minimum Gasteiger partial charge on any atom is -0.378 e. The summed E-state index contributed by atoms with van der Waals surface area (Å²) in [5, 5.41) is 11.9. The van der Waals surface area contributed by atoms with E-state index in [2.05, 4.69) is 30.1 Å². The average molecular weight is 393 g/mol. The van der Waals surface area contributed by atoms with Gasteiger partial charge < -0.3 is 19.9 Å². The highest BCUT2D eigenvalue weighted by Crippen LogP contribution is 2.19. The molecule has 2 aliphatic heterocycles. The number of morpholine rings is 1. The molecule has 0 unspecified atom stereocenters. The quantitative estimate of drug-likeness (QED) is 0.805. The fourth-order valence-electron chi connectivity index (χ4n) is 3.43. The molecule has 2 aliphatic rings. The molecule has 2 aromatic rings. The molecule has 3 heterocycles. The summed E-state index contributed by atoms with van der Waals surface area (Å²) in [5.74, 6) is 1.54. The van der Waals surface area contributed by atoms with Crippen LogP contribution in [-0.2, 0) is 11.3 Å². The molecule has 0 saturated carbocycles. The van der Waals surface area contributed by atoms with Crippen LogP contribution in [0.15, 0.2) is 24.3 Å². The number of nitriles is 1. The topological polar surface area (TPSA) is 107 Å². The number of amides is 1. The average Bonchev–Trinajstić information content (AvgIpc) is 3.33. The van der Waals surface area contributed by atoms with E-state index in [1.165, 1.54) is 0 Å². The first-order valence-corrected chi connectivity index (χ1v) is 9.84. The number of ether oxygens (including phenoxy) is 1. The molecular formula is C20H23N7O2. The normalized spacial score (nSPS) is 16.5. The van der Waals surface area contributed by atoms with E-state index in [4.69, 9.17) is 10.00 Å². The lowest BCUT2D eigenvalue weighted by Gasteiger charge is -2.28. The molecule has 0 atom stereocenters. The van der Waals surface area contributed by atoms with Gasteiger partial charge in [-0.1, -0.05) is 6.07 Å². The maximum Gasteiger partial charge on any atom is 0.251 e. The zero-order valence-corrected chi connectivity index (χ0v) is 16.2. The van der Waals surface area contributed by atoms with Crippen molar-refractivity contribution in [2.75, 3.05) is 49.2 Å². The zero-order chi connectivity index (χ0) is 20.1. The third-order valence-electron chi connectivity index (χ3n) is 5.00. The van der Waals surface area contributed by atoms with E-state index >= 15 is 0 Å². The van der Waals surface area contributed by atoms with Crippen molar-refractivity contribution in [3.8, 4) is 6.07 Å². The molecule has 4 rings (SSSR count). The SMILES string of the molecule is N#Cc1cccc(C(=O)NCc2nc(N3CCCC3)nc(N3CCOCC3)n2)c1. The van der Waals surface area contributed by atoms with Crippen molar-refractivity contribution >= 4 is 17.8 Å². The molecule has 9 nitrogen and oxygen atoms in total. The van der Waals surface area contributed by atoms with Crippen molar-refractivity contribution in [2.45, 2.75) is 19.4 Å². The largest absolute Gasteiger partial charge is 0.378 e. The van der Waals surface area contributed by atoms with Crippen molar-refractivity contribution in [1.29, 1.82) is 5.26 Å². The lowest BCUT2D eigenvalue weighted by Crippen LogP contribution is -2.38. The van der Waals surface area contributed by atoms with Crippen LogP contribution in [0, 0.1) is 11.3 Å². The fraction of sp³-hybridized carbons (Fsp3) is 0.450. The molecule has 9 heteroatoms. The van der Waals surface area contributed by atoms with Crippen LogP contribution >= 0.6 is 0 Å². The summed E-state index contributed by atoms with van der Waals surface area (Å²) in [6.45, 7) is 4.80. The van der Waals surface area contributed by atoms with Crippen LogP contribution < -0.4 is 15.1 Å². The summed E-state index contributed by atoms with van der Waals surface area (Å²) in [6, 6.07) is 8.65. The Morgan fingerprint density at radius 1 is 1.07 bits per heavy atom. The predicted molar refractivity (Wildman–Crippen MR) is 107 cm³/mol. The number of rotatable bonds is 5. The highest BCUT2D eigenvalue weighted by molar-refractivity contribution is 5.94. The summed E-state index contributed by atoms with van der Waals surface area (Å²) in [4.78, 5) is 30.6. The van der Waals surface area contributed by atoms with E-state index in [0.717, 1.165) is 39.0 Å². The van der Waals surface area contributed by atoms with Gasteiger partial charge >= 0.3 is 0 Å². The maximum absolute atomic E-state index is 12.5. The lowest BCUT2D eigenvalue weighted by atomic mass is 10.1. The van der Waals surface area contributed by atoms with Crippen molar-refractivity contribution in [3.05, 3.63) is 41.2 Å². The second-order valence-corrected chi connectivity index (χ2v) is 7.02. The monoisotopic (exact) mass is 393 g/mol. The van der Waals surface area contributed by atoms with Gasteiger partial charge in [-0.25, -0.2) is 0 Å². The Balaban J connectivity index is 1.52. The predicted octanol–water partition coefficient (Wildman–Crippen LogP) is 1.11. The molecule has 29 heavy (non-hydrogen) atoms. The first-order valence-electron chi connectivity index (χ1n) is 9.84. The Morgan fingerprint density at radius 3 is 2.45 bits per heavy atom. The molecule has 0 bridgehead atoms. The van der Waals surface area contributed by atoms with Gasteiger partial charge in [-0.2, -0.15) is 20.2 Å². The first-order chi connectivity index (χ1) is 14.2. The smallest absolute Gasteiger partial charge is 0.251 e. The Kier molecular flexibility index (Phi) is 5.81. The number of aromatic nitrogens is 3. The van der Waals surface area contributed by atoms with Crippen molar-refractivity contribution in [2.24, 2.45) is 0 Å². The number of nitrogens with one attached hydrogen (secondary N) is 1. The lowest BCUT2D eigenvalue weighted by molar-refractivity contribution is 0.0950. The molecule has 2 fully saturated rings. The van der Waals surface area contributed by atoms with Crippen LogP contribution in [0.5, 0.6) is 0 Å². The van der Waals surface area contributed by atoms with Gasteiger partial charge in [0.15, 0.2) is 5.82 Å². The minimum atomic E-state index is -0.266. The van der Waals surface area contributed by atoms with Crippen LogP contribution in [-0.4, -0.2) is 60.3 Å². The van der Waals surface area contributed by atoms with E-state index in [0.29, 0.717) is 42.1 Å².